The van der Waals surface area contributed by atoms with Crippen LogP contribution in [0.25, 0.3) is 0 Å². The highest BCUT2D eigenvalue weighted by Gasteiger charge is 2.20. The lowest BCUT2D eigenvalue weighted by Crippen LogP contribution is -2.22. The zero-order valence-corrected chi connectivity index (χ0v) is 4.83. The number of hydrogen-bond acceptors (Lipinski definition) is 3. The van der Waals surface area contributed by atoms with E-state index in [0.717, 1.165) is 0 Å². The molecule has 0 bridgehead atoms. The predicted molar refractivity (Wildman–Crippen MR) is 27.4 cm³/mol. The molecule has 1 fully saturated rings. The SMILES string of the molecule is C[C@H](O)C1OCCO1. The Kier molecular flexibility index (Phi) is 1.83. The van der Waals surface area contributed by atoms with Crippen molar-refractivity contribution in [1.29, 1.82) is 0 Å². The van der Waals surface area contributed by atoms with Crippen LogP contribution in [0.15, 0.2) is 0 Å². The molecule has 0 saturated carbocycles. The quantitative estimate of drug-likeness (QED) is 0.515. The van der Waals surface area contributed by atoms with E-state index >= 15 is 0 Å². The van der Waals surface area contributed by atoms with Crippen LogP contribution < -0.4 is 0 Å². The molecule has 1 atom stereocenters. The first-order valence-electron chi connectivity index (χ1n) is 2.72. The smallest absolute Gasteiger partial charge is 0.183 e. The minimum Gasteiger partial charge on any atom is -0.388 e. The monoisotopic (exact) mass is 118 g/mol. The van der Waals surface area contributed by atoms with E-state index in [1.807, 2.05) is 0 Å². The van der Waals surface area contributed by atoms with E-state index in [1.165, 1.54) is 0 Å². The number of ether oxygens (including phenoxy) is 2. The van der Waals surface area contributed by atoms with Crippen LogP contribution in [0.3, 0.4) is 0 Å². The Labute approximate surface area is 48.2 Å². The first-order chi connectivity index (χ1) is 3.80. The fraction of sp³-hybridized carbons (Fsp3) is 1.00. The standard InChI is InChI=1S/C5H10O3/c1-4(6)5-7-2-3-8-5/h4-6H,2-3H2,1H3/t4-/m0/s1. The van der Waals surface area contributed by atoms with Gasteiger partial charge >= 0.3 is 0 Å². The molecule has 8 heavy (non-hydrogen) atoms. The molecule has 0 aromatic heterocycles. The normalized spacial score (nSPS) is 26.2. The lowest BCUT2D eigenvalue weighted by molar-refractivity contribution is -0.113. The van der Waals surface area contributed by atoms with Gasteiger partial charge in [0.05, 0.1) is 13.2 Å². The highest BCUT2D eigenvalue weighted by atomic mass is 16.7. The molecule has 1 aliphatic rings. The minimum absolute atomic E-state index is 0.380. The fourth-order valence-electron chi connectivity index (χ4n) is 0.655. The van der Waals surface area contributed by atoms with Crippen molar-refractivity contribution in [2.45, 2.75) is 19.3 Å². The second-order valence-corrected chi connectivity index (χ2v) is 1.85. The van der Waals surface area contributed by atoms with Gasteiger partial charge in [-0.25, -0.2) is 0 Å². The van der Waals surface area contributed by atoms with Crippen LogP contribution in [-0.4, -0.2) is 30.7 Å². The maximum atomic E-state index is 8.80. The molecule has 0 unspecified atom stereocenters. The topological polar surface area (TPSA) is 38.7 Å². The molecule has 0 spiro atoms. The third kappa shape index (κ3) is 1.18. The Bertz CT molecular complexity index is 66.1. The van der Waals surface area contributed by atoms with Crippen molar-refractivity contribution in [3.63, 3.8) is 0 Å². The van der Waals surface area contributed by atoms with Gasteiger partial charge in [-0.2, -0.15) is 0 Å². The van der Waals surface area contributed by atoms with Gasteiger partial charge in [-0.3, -0.25) is 0 Å². The average molecular weight is 118 g/mol. The zero-order valence-electron chi connectivity index (χ0n) is 4.83. The molecule has 0 aliphatic carbocycles. The third-order valence-corrected chi connectivity index (χ3v) is 1.04. The number of hydrogen-bond donors (Lipinski definition) is 1. The van der Waals surface area contributed by atoms with Crippen LogP contribution in [0.5, 0.6) is 0 Å². The molecule has 0 aromatic rings. The Balaban J connectivity index is 2.24. The Morgan fingerprint density at radius 1 is 1.50 bits per heavy atom. The highest BCUT2D eigenvalue weighted by Crippen LogP contribution is 2.06. The lowest BCUT2D eigenvalue weighted by atomic mass is 10.4. The third-order valence-electron chi connectivity index (χ3n) is 1.04. The summed E-state index contributed by atoms with van der Waals surface area (Å²) in [5.74, 6) is 0. The van der Waals surface area contributed by atoms with Gasteiger partial charge < -0.3 is 14.6 Å². The summed E-state index contributed by atoms with van der Waals surface area (Å²) in [6, 6.07) is 0. The average Bonchev–Trinajstić information content (AvgIpc) is 2.12. The van der Waals surface area contributed by atoms with Gasteiger partial charge in [0.15, 0.2) is 6.29 Å². The van der Waals surface area contributed by atoms with Crippen molar-refractivity contribution < 1.29 is 14.6 Å². The predicted octanol–water partition coefficient (Wildman–Crippen LogP) is -0.260. The van der Waals surface area contributed by atoms with Crippen molar-refractivity contribution in [1.82, 2.24) is 0 Å². The van der Waals surface area contributed by atoms with Crippen molar-refractivity contribution in [3.05, 3.63) is 0 Å². The lowest BCUT2D eigenvalue weighted by Gasteiger charge is -2.10. The molecule has 3 nitrogen and oxygen atoms in total. The first-order valence-corrected chi connectivity index (χ1v) is 2.72. The molecule has 3 heteroatoms. The van der Waals surface area contributed by atoms with E-state index in [0.29, 0.717) is 13.2 Å². The zero-order chi connectivity index (χ0) is 5.98. The molecular formula is C5H10O3. The second kappa shape index (κ2) is 2.44. The molecular weight excluding hydrogens is 108 g/mol. The molecule has 48 valence electrons. The van der Waals surface area contributed by atoms with E-state index in [4.69, 9.17) is 14.6 Å². The Morgan fingerprint density at radius 2 is 2.00 bits per heavy atom. The summed E-state index contributed by atoms with van der Waals surface area (Å²) in [5.41, 5.74) is 0. The van der Waals surface area contributed by atoms with Crippen molar-refractivity contribution in [2.24, 2.45) is 0 Å². The summed E-state index contributed by atoms with van der Waals surface area (Å²) in [7, 11) is 0. The van der Waals surface area contributed by atoms with Crippen molar-refractivity contribution in [3.8, 4) is 0 Å². The highest BCUT2D eigenvalue weighted by molar-refractivity contribution is 4.56. The Morgan fingerprint density at radius 3 is 2.25 bits per heavy atom. The fourth-order valence-corrected chi connectivity index (χ4v) is 0.655. The van der Waals surface area contributed by atoms with Gasteiger partial charge in [-0.15, -0.1) is 0 Å². The maximum Gasteiger partial charge on any atom is 0.183 e. The molecule has 0 radical (unpaired) electrons. The molecule has 1 heterocycles. The van der Waals surface area contributed by atoms with E-state index in [9.17, 15) is 0 Å². The largest absolute Gasteiger partial charge is 0.388 e. The van der Waals surface area contributed by atoms with Crippen LogP contribution in [0.1, 0.15) is 6.92 Å². The van der Waals surface area contributed by atoms with Crippen LogP contribution in [-0.2, 0) is 9.47 Å². The van der Waals surface area contributed by atoms with Crippen molar-refractivity contribution >= 4 is 0 Å². The van der Waals surface area contributed by atoms with Gasteiger partial charge in [0.2, 0.25) is 0 Å². The van der Waals surface area contributed by atoms with Crippen LogP contribution in [0.2, 0.25) is 0 Å². The van der Waals surface area contributed by atoms with Crippen LogP contribution >= 0.6 is 0 Å². The summed E-state index contributed by atoms with van der Waals surface area (Å²) in [4.78, 5) is 0. The minimum atomic E-state index is -0.502. The molecule has 0 aromatic carbocycles. The van der Waals surface area contributed by atoms with Gasteiger partial charge in [0.1, 0.15) is 6.10 Å². The van der Waals surface area contributed by atoms with Crippen LogP contribution in [0.4, 0.5) is 0 Å². The molecule has 1 N–H and O–H groups in total. The second-order valence-electron chi connectivity index (χ2n) is 1.85. The van der Waals surface area contributed by atoms with Gasteiger partial charge in [-0.1, -0.05) is 0 Å². The van der Waals surface area contributed by atoms with E-state index in [2.05, 4.69) is 0 Å². The number of aliphatic hydroxyl groups excluding tert-OH is 1. The van der Waals surface area contributed by atoms with E-state index in [1.54, 1.807) is 6.92 Å². The van der Waals surface area contributed by atoms with E-state index in [-0.39, 0.29) is 6.29 Å². The molecule has 1 rings (SSSR count). The summed E-state index contributed by atoms with van der Waals surface area (Å²) >= 11 is 0. The summed E-state index contributed by atoms with van der Waals surface area (Å²) in [6.45, 7) is 2.86. The number of rotatable bonds is 1. The summed E-state index contributed by atoms with van der Waals surface area (Å²) in [5, 5.41) is 8.80. The summed E-state index contributed by atoms with van der Waals surface area (Å²) < 4.78 is 9.88. The van der Waals surface area contributed by atoms with Crippen LogP contribution in [0, 0.1) is 0 Å². The molecule has 1 saturated heterocycles. The summed E-state index contributed by atoms with van der Waals surface area (Å²) in [6.07, 6.45) is -0.882. The molecule has 0 amide bonds. The number of aliphatic hydroxyl groups is 1. The van der Waals surface area contributed by atoms with Gasteiger partial charge in [0.25, 0.3) is 0 Å². The first kappa shape index (κ1) is 6.01. The Hall–Kier alpha value is -0.120. The van der Waals surface area contributed by atoms with Gasteiger partial charge in [0, 0.05) is 0 Å². The van der Waals surface area contributed by atoms with Gasteiger partial charge in [-0.05, 0) is 6.92 Å². The molecule has 1 aliphatic heterocycles. The van der Waals surface area contributed by atoms with E-state index < -0.39 is 6.10 Å². The van der Waals surface area contributed by atoms with Crippen molar-refractivity contribution in [2.75, 3.05) is 13.2 Å². The maximum absolute atomic E-state index is 8.80.